The van der Waals surface area contributed by atoms with E-state index in [2.05, 4.69) is 10.1 Å². The molecule has 0 bridgehead atoms. The van der Waals surface area contributed by atoms with Crippen molar-refractivity contribution in [2.75, 3.05) is 12.3 Å². The van der Waals surface area contributed by atoms with Gasteiger partial charge in [-0.25, -0.2) is 22.5 Å². The predicted octanol–water partition coefficient (Wildman–Crippen LogP) is 2.63. The van der Waals surface area contributed by atoms with Crippen LogP contribution in [0, 0.1) is 5.82 Å². The molecule has 0 radical (unpaired) electrons. The first-order chi connectivity index (χ1) is 18.5. The van der Waals surface area contributed by atoms with Crippen LogP contribution < -0.4 is 21.0 Å². The zero-order valence-corrected chi connectivity index (χ0v) is 22.1. The molecule has 1 fully saturated rings. The largest absolute Gasteiger partial charge is 0.462 e. The Balaban J connectivity index is 1.97. The van der Waals surface area contributed by atoms with Crippen LogP contribution in [0.4, 0.5) is 27.8 Å². The first-order valence-electron chi connectivity index (χ1n) is 11.6. The number of halogens is 5. The highest BCUT2D eigenvalue weighted by atomic mass is 31.2. The van der Waals surface area contributed by atoms with Gasteiger partial charge in [0.05, 0.1) is 18.9 Å². The maximum Gasteiger partial charge on any atom is 0.459 e. The lowest BCUT2D eigenvalue weighted by Crippen LogP contribution is -2.57. The number of ether oxygens (including phenoxy) is 2. The Morgan fingerprint density at radius 1 is 1.27 bits per heavy atom. The van der Waals surface area contributed by atoms with Crippen molar-refractivity contribution in [2.24, 2.45) is 0 Å². The van der Waals surface area contributed by atoms with Crippen LogP contribution in [0.25, 0.3) is 0 Å². The molecule has 1 aromatic heterocycles. The van der Waals surface area contributed by atoms with Gasteiger partial charge in [0.25, 0.3) is 6.43 Å². The van der Waals surface area contributed by atoms with Crippen molar-refractivity contribution in [2.45, 2.75) is 63.2 Å². The van der Waals surface area contributed by atoms with Crippen molar-refractivity contribution in [3.63, 3.8) is 0 Å². The molecule has 1 aliphatic rings. The molecule has 222 valence electrons. The first kappa shape index (κ1) is 31.4. The van der Waals surface area contributed by atoms with Crippen LogP contribution >= 0.6 is 7.75 Å². The Morgan fingerprint density at radius 2 is 1.90 bits per heavy atom. The lowest BCUT2D eigenvalue weighted by Gasteiger charge is -2.34. The number of anilines is 1. The number of rotatable bonds is 11. The van der Waals surface area contributed by atoms with Crippen molar-refractivity contribution in [3.05, 3.63) is 52.8 Å². The third-order valence-electron chi connectivity index (χ3n) is 5.57. The summed E-state index contributed by atoms with van der Waals surface area (Å²) in [5, 5.41) is 12.4. The molecule has 4 N–H and O–H groups in total. The highest BCUT2D eigenvalue weighted by molar-refractivity contribution is 7.52. The number of aliphatic hydroxyl groups is 1. The number of alkyl halides is 4. The highest BCUT2D eigenvalue weighted by Gasteiger charge is 2.74. The van der Waals surface area contributed by atoms with Crippen LogP contribution in [0.15, 0.2) is 41.3 Å². The molecule has 1 aliphatic heterocycles. The summed E-state index contributed by atoms with van der Waals surface area (Å²) in [6, 6.07) is 5.50. The van der Waals surface area contributed by atoms with Crippen molar-refractivity contribution in [1.82, 2.24) is 14.6 Å². The summed E-state index contributed by atoms with van der Waals surface area (Å²) < 4.78 is 107. The number of aromatic nitrogens is 2. The second-order valence-corrected chi connectivity index (χ2v) is 10.6. The minimum absolute atomic E-state index is 0.0106. The molecule has 0 amide bonds. The molecule has 0 saturated carbocycles. The zero-order valence-electron chi connectivity index (χ0n) is 21.2. The number of carbonyl (C=O) groups is 1. The SMILES string of the molecule is CC(C)OC(=O)[C@H](C)NP(=O)(OC[C@@]1(C(F)F)O[C@@H](n2cc(F)c(N)nc2=O)[C@H](O)C1(F)F)Oc1ccccc1. The van der Waals surface area contributed by atoms with Gasteiger partial charge in [-0.1, -0.05) is 18.2 Å². The summed E-state index contributed by atoms with van der Waals surface area (Å²) in [4.78, 5) is 27.4. The standard InChI is InChI=1S/C22H26F5N4O8P/c1-11(2)37-18(33)12(3)30-40(35,39-13-7-5-4-6-8-13)36-10-21(19(24)25)22(26,27)15(32)17(38-21)31-9-14(23)16(28)29-20(31)34/h4-9,11-12,15,17,19,32H,10H2,1-3H3,(H,30,35)(H2,28,29,34)/t12-,15-,17+,21-,40?/m0/s1. The highest BCUT2D eigenvalue weighted by Crippen LogP contribution is 2.54. The second kappa shape index (κ2) is 11.8. The van der Waals surface area contributed by atoms with Crippen LogP contribution in [0.2, 0.25) is 0 Å². The Labute approximate surface area is 223 Å². The second-order valence-electron chi connectivity index (χ2n) is 8.94. The van der Waals surface area contributed by atoms with Crippen molar-refractivity contribution in [3.8, 4) is 5.75 Å². The number of carbonyl (C=O) groups excluding carboxylic acids is 1. The monoisotopic (exact) mass is 600 g/mol. The van der Waals surface area contributed by atoms with E-state index in [1.807, 2.05) is 0 Å². The molecule has 18 heteroatoms. The summed E-state index contributed by atoms with van der Waals surface area (Å²) in [5.41, 5.74) is -0.398. The molecule has 0 aliphatic carbocycles. The van der Waals surface area contributed by atoms with Crippen LogP contribution in [-0.2, 0) is 23.4 Å². The maximum absolute atomic E-state index is 15.3. The minimum atomic E-state index is -4.96. The molecular formula is C22H26F5N4O8P. The number of benzene rings is 1. The summed E-state index contributed by atoms with van der Waals surface area (Å²) in [5.74, 6) is -8.32. The van der Waals surface area contributed by atoms with E-state index in [0.29, 0.717) is 0 Å². The number of nitrogens with zero attached hydrogens (tertiary/aromatic N) is 2. The Kier molecular flexibility index (Phi) is 9.26. The number of nitrogens with one attached hydrogen (secondary N) is 1. The molecule has 1 unspecified atom stereocenters. The van der Waals surface area contributed by atoms with Gasteiger partial charge in [-0.2, -0.15) is 18.9 Å². The van der Waals surface area contributed by atoms with E-state index in [9.17, 15) is 32.4 Å². The van der Waals surface area contributed by atoms with Crippen LogP contribution in [-0.4, -0.2) is 63.4 Å². The van der Waals surface area contributed by atoms with Crippen molar-refractivity contribution in [1.29, 1.82) is 0 Å². The summed E-state index contributed by atoms with van der Waals surface area (Å²) in [6.07, 6.45) is -10.3. The smallest absolute Gasteiger partial charge is 0.459 e. The molecular weight excluding hydrogens is 574 g/mol. The lowest BCUT2D eigenvalue weighted by molar-refractivity contribution is -0.242. The van der Waals surface area contributed by atoms with Crippen LogP contribution in [0.1, 0.15) is 27.0 Å². The Bertz CT molecular complexity index is 1320. The number of nitrogens with two attached hydrogens (primary N) is 1. The van der Waals surface area contributed by atoms with Crippen LogP contribution in [0.5, 0.6) is 5.75 Å². The van der Waals surface area contributed by atoms with E-state index < -0.39 is 80.1 Å². The van der Waals surface area contributed by atoms with Gasteiger partial charge in [0.2, 0.25) is 5.60 Å². The van der Waals surface area contributed by atoms with Gasteiger partial charge in [-0.05, 0) is 32.9 Å². The molecule has 1 saturated heterocycles. The van der Waals surface area contributed by atoms with E-state index in [4.69, 9.17) is 24.3 Å². The van der Waals surface area contributed by atoms with E-state index in [-0.39, 0.29) is 16.5 Å². The van der Waals surface area contributed by atoms with Gasteiger partial charge >= 0.3 is 25.3 Å². The van der Waals surface area contributed by atoms with Crippen molar-refractivity contribution < 1.29 is 54.9 Å². The first-order valence-corrected chi connectivity index (χ1v) is 13.1. The van der Waals surface area contributed by atoms with Gasteiger partial charge in [0.1, 0.15) is 11.8 Å². The molecule has 12 nitrogen and oxygen atoms in total. The number of hydrogen-bond acceptors (Lipinski definition) is 10. The number of aliphatic hydroxyl groups excluding tert-OH is 1. The molecule has 0 spiro atoms. The average Bonchev–Trinajstić information content (AvgIpc) is 3.06. The fraction of sp³-hybridized carbons (Fsp3) is 0.500. The maximum atomic E-state index is 15.3. The molecule has 40 heavy (non-hydrogen) atoms. The van der Waals surface area contributed by atoms with Gasteiger partial charge in [-0.3, -0.25) is 13.9 Å². The van der Waals surface area contributed by atoms with Gasteiger partial charge in [0.15, 0.2) is 24.0 Å². The molecule has 2 aromatic rings. The van der Waals surface area contributed by atoms with E-state index >= 15 is 8.78 Å². The zero-order chi connectivity index (χ0) is 30.0. The van der Waals surface area contributed by atoms with Gasteiger partial charge in [-0.15, -0.1) is 0 Å². The minimum Gasteiger partial charge on any atom is -0.462 e. The van der Waals surface area contributed by atoms with E-state index in [1.54, 1.807) is 6.07 Å². The van der Waals surface area contributed by atoms with E-state index in [0.717, 1.165) is 6.92 Å². The van der Waals surface area contributed by atoms with Crippen molar-refractivity contribution >= 4 is 19.5 Å². The third-order valence-corrected chi connectivity index (χ3v) is 7.20. The summed E-state index contributed by atoms with van der Waals surface area (Å²) >= 11 is 0. The fourth-order valence-electron chi connectivity index (χ4n) is 3.54. The predicted molar refractivity (Wildman–Crippen MR) is 127 cm³/mol. The number of hydrogen-bond donors (Lipinski definition) is 3. The number of nitrogen functional groups attached to an aromatic ring is 1. The number of esters is 1. The lowest BCUT2D eigenvalue weighted by atomic mass is 9.95. The average molecular weight is 600 g/mol. The Hall–Kier alpha value is -3.11. The molecule has 1 aromatic carbocycles. The quantitative estimate of drug-likeness (QED) is 0.197. The van der Waals surface area contributed by atoms with Crippen LogP contribution in [0.3, 0.4) is 0 Å². The fourth-order valence-corrected chi connectivity index (χ4v) is 5.06. The van der Waals surface area contributed by atoms with E-state index in [1.165, 1.54) is 38.1 Å². The van der Waals surface area contributed by atoms with Gasteiger partial charge in [0, 0.05) is 0 Å². The molecule has 2 heterocycles. The normalized spacial score (nSPS) is 24.6. The summed E-state index contributed by atoms with van der Waals surface area (Å²) in [7, 11) is -4.96. The topological polar surface area (TPSA) is 164 Å². The Morgan fingerprint density at radius 3 is 2.48 bits per heavy atom. The molecule has 5 atom stereocenters. The van der Waals surface area contributed by atoms with Gasteiger partial charge < -0.3 is 24.8 Å². The third kappa shape index (κ3) is 6.28. The molecule has 3 rings (SSSR count). The summed E-state index contributed by atoms with van der Waals surface area (Å²) in [6.45, 7) is 2.28. The number of para-hydroxylation sites is 1.